The Bertz CT molecular complexity index is 1080. The summed E-state index contributed by atoms with van der Waals surface area (Å²) < 4.78 is 15.6. The third-order valence-corrected chi connectivity index (χ3v) is 5.23. The molecule has 0 aromatic heterocycles. The summed E-state index contributed by atoms with van der Waals surface area (Å²) in [4.78, 5) is 50.1. The minimum absolute atomic E-state index is 0.0617. The summed E-state index contributed by atoms with van der Waals surface area (Å²) in [6.07, 6.45) is 0.269. The molecule has 2 aliphatic rings. The van der Waals surface area contributed by atoms with Crippen LogP contribution in [0.4, 0.5) is 11.4 Å². The van der Waals surface area contributed by atoms with Gasteiger partial charge in [-0.2, -0.15) is 0 Å². The van der Waals surface area contributed by atoms with E-state index in [9.17, 15) is 19.2 Å². The topological polar surface area (TPSA) is 123 Å². The second kappa shape index (κ2) is 9.60. The number of nitrogens with one attached hydrogen (secondary N) is 2. The lowest BCUT2D eigenvalue weighted by Gasteiger charge is -2.16. The summed E-state index contributed by atoms with van der Waals surface area (Å²) in [6, 6.07) is 11.5. The summed E-state index contributed by atoms with van der Waals surface area (Å²) in [5.74, 6) is -0.588. The SMILES string of the molecule is CC(OC(=O)CNC(=O)c1ccc(N2CCCC2=O)cc1)C(=O)Nc1ccc2c(c1)OCO2. The number of carbonyl (C=O) groups is 4. The molecule has 2 N–H and O–H groups in total. The van der Waals surface area contributed by atoms with Crippen molar-refractivity contribution in [1.82, 2.24) is 5.32 Å². The Morgan fingerprint density at radius 1 is 1.09 bits per heavy atom. The predicted octanol–water partition coefficient (Wildman–Crippen LogP) is 1.84. The van der Waals surface area contributed by atoms with Gasteiger partial charge in [0.2, 0.25) is 12.7 Å². The number of fused-ring (bicyclic) bond motifs is 1. The van der Waals surface area contributed by atoms with Gasteiger partial charge in [-0.3, -0.25) is 19.2 Å². The molecular weight excluding hydrogens is 430 g/mol. The second-order valence-electron chi connectivity index (χ2n) is 7.57. The normalized spacial score (nSPS) is 15.2. The van der Waals surface area contributed by atoms with Crippen LogP contribution < -0.4 is 25.0 Å². The van der Waals surface area contributed by atoms with Crippen molar-refractivity contribution in [2.24, 2.45) is 0 Å². The van der Waals surface area contributed by atoms with Crippen LogP contribution in [0.5, 0.6) is 11.5 Å². The molecule has 4 rings (SSSR count). The van der Waals surface area contributed by atoms with Gasteiger partial charge < -0.3 is 29.7 Å². The lowest BCUT2D eigenvalue weighted by molar-refractivity contribution is -0.152. The van der Waals surface area contributed by atoms with Crippen LogP contribution in [0.1, 0.15) is 30.1 Å². The van der Waals surface area contributed by atoms with Crippen LogP contribution in [0.2, 0.25) is 0 Å². The maximum absolute atomic E-state index is 12.3. The van der Waals surface area contributed by atoms with Gasteiger partial charge in [-0.05, 0) is 49.7 Å². The van der Waals surface area contributed by atoms with E-state index in [0.717, 1.165) is 12.1 Å². The van der Waals surface area contributed by atoms with Crippen LogP contribution in [0.25, 0.3) is 0 Å². The first-order valence-corrected chi connectivity index (χ1v) is 10.5. The molecule has 2 aromatic carbocycles. The van der Waals surface area contributed by atoms with Crippen LogP contribution >= 0.6 is 0 Å². The fourth-order valence-electron chi connectivity index (χ4n) is 3.48. The van der Waals surface area contributed by atoms with Crippen molar-refractivity contribution < 1.29 is 33.4 Å². The van der Waals surface area contributed by atoms with Crippen molar-refractivity contribution in [1.29, 1.82) is 0 Å². The highest BCUT2D eigenvalue weighted by Crippen LogP contribution is 2.34. The smallest absolute Gasteiger partial charge is 0.326 e. The molecule has 10 heteroatoms. The Morgan fingerprint density at radius 2 is 1.85 bits per heavy atom. The maximum Gasteiger partial charge on any atom is 0.326 e. The summed E-state index contributed by atoms with van der Waals surface area (Å²) in [7, 11) is 0. The zero-order valence-corrected chi connectivity index (χ0v) is 18.0. The number of carbonyl (C=O) groups excluding carboxylic acids is 4. The van der Waals surface area contributed by atoms with Crippen molar-refractivity contribution in [2.75, 3.05) is 30.1 Å². The Kier molecular flexibility index (Phi) is 6.43. The molecular formula is C23H23N3O7. The van der Waals surface area contributed by atoms with Crippen LogP contribution in [0.15, 0.2) is 42.5 Å². The van der Waals surface area contributed by atoms with Crippen molar-refractivity contribution in [2.45, 2.75) is 25.9 Å². The van der Waals surface area contributed by atoms with E-state index in [0.29, 0.717) is 35.7 Å². The van der Waals surface area contributed by atoms with Crippen LogP contribution in [-0.2, 0) is 19.1 Å². The zero-order chi connectivity index (χ0) is 23.4. The molecule has 3 amide bonds. The van der Waals surface area contributed by atoms with Gasteiger partial charge in [-0.15, -0.1) is 0 Å². The third-order valence-electron chi connectivity index (χ3n) is 5.23. The van der Waals surface area contributed by atoms with E-state index in [-0.39, 0.29) is 12.7 Å². The van der Waals surface area contributed by atoms with E-state index in [2.05, 4.69) is 10.6 Å². The summed E-state index contributed by atoms with van der Waals surface area (Å²) in [5.41, 5.74) is 1.54. The number of amides is 3. The monoisotopic (exact) mass is 453 g/mol. The van der Waals surface area contributed by atoms with E-state index in [4.69, 9.17) is 14.2 Å². The highest BCUT2D eigenvalue weighted by atomic mass is 16.7. The number of hydrogen-bond donors (Lipinski definition) is 2. The van der Waals surface area contributed by atoms with E-state index in [1.54, 1.807) is 47.4 Å². The van der Waals surface area contributed by atoms with Gasteiger partial charge in [-0.1, -0.05) is 0 Å². The van der Waals surface area contributed by atoms with Gasteiger partial charge in [0, 0.05) is 36.0 Å². The van der Waals surface area contributed by atoms with Crippen molar-refractivity contribution in [3.8, 4) is 11.5 Å². The first-order valence-electron chi connectivity index (χ1n) is 10.5. The van der Waals surface area contributed by atoms with E-state index in [1.807, 2.05) is 0 Å². The number of nitrogens with zero attached hydrogens (tertiary/aromatic N) is 1. The molecule has 172 valence electrons. The van der Waals surface area contributed by atoms with Crippen LogP contribution in [-0.4, -0.2) is 49.7 Å². The summed E-state index contributed by atoms with van der Waals surface area (Å²) in [5, 5.41) is 5.09. The Labute approximate surface area is 189 Å². The standard InChI is InChI=1S/C23H23N3O7/c1-14(22(29)25-16-6-9-18-19(11-16)32-13-31-18)33-21(28)12-24-23(30)15-4-7-17(8-5-15)26-10-2-3-20(26)27/h4-9,11,14H,2-3,10,12-13H2,1H3,(H,24,30)(H,25,29). The van der Waals surface area contributed by atoms with Gasteiger partial charge in [0.15, 0.2) is 17.6 Å². The molecule has 2 aliphatic heterocycles. The van der Waals surface area contributed by atoms with Gasteiger partial charge in [0.25, 0.3) is 11.8 Å². The average molecular weight is 453 g/mol. The molecule has 2 heterocycles. The molecule has 1 unspecified atom stereocenters. The van der Waals surface area contributed by atoms with Crippen LogP contribution in [0.3, 0.4) is 0 Å². The van der Waals surface area contributed by atoms with Crippen molar-refractivity contribution >= 4 is 35.1 Å². The zero-order valence-electron chi connectivity index (χ0n) is 18.0. The minimum Gasteiger partial charge on any atom is -0.454 e. The maximum atomic E-state index is 12.3. The number of anilines is 2. The van der Waals surface area contributed by atoms with Gasteiger partial charge >= 0.3 is 5.97 Å². The fraction of sp³-hybridized carbons (Fsp3) is 0.304. The molecule has 0 spiro atoms. The third kappa shape index (κ3) is 5.22. The molecule has 0 radical (unpaired) electrons. The predicted molar refractivity (Wildman–Crippen MR) is 117 cm³/mol. The first kappa shape index (κ1) is 22.1. The first-order chi connectivity index (χ1) is 15.9. The molecule has 33 heavy (non-hydrogen) atoms. The molecule has 0 saturated carbocycles. The molecule has 0 bridgehead atoms. The highest BCUT2D eigenvalue weighted by Gasteiger charge is 2.22. The number of hydrogen-bond acceptors (Lipinski definition) is 7. The lowest BCUT2D eigenvalue weighted by atomic mass is 10.2. The lowest BCUT2D eigenvalue weighted by Crippen LogP contribution is -2.35. The number of rotatable bonds is 7. The van der Waals surface area contributed by atoms with Gasteiger partial charge in [0.1, 0.15) is 6.54 Å². The quantitative estimate of drug-likeness (QED) is 0.613. The average Bonchev–Trinajstić information content (AvgIpc) is 3.45. The Balaban J connectivity index is 1.23. The molecule has 1 saturated heterocycles. The van der Waals surface area contributed by atoms with E-state index in [1.165, 1.54) is 6.92 Å². The second-order valence-corrected chi connectivity index (χ2v) is 7.57. The fourth-order valence-corrected chi connectivity index (χ4v) is 3.48. The molecule has 1 fully saturated rings. The van der Waals surface area contributed by atoms with Crippen molar-refractivity contribution in [3.63, 3.8) is 0 Å². The summed E-state index contributed by atoms with van der Waals surface area (Å²) >= 11 is 0. The number of benzene rings is 2. The van der Waals surface area contributed by atoms with E-state index >= 15 is 0 Å². The molecule has 1 atom stereocenters. The summed E-state index contributed by atoms with van der Waals surface area (Å²) in [6.45, 7) is 1.82. The van der Waals surface area contributed by atoms with Crippen LogP contribution in [0, 0.1) is 0 Å². The molecule has 0 aliphatic carbocycles. The largest absolute Gasteiger partial charge is 0.454 e. The van der Waals surface area contributed by atoms with Gasteiger partial charge in [-0.25, -0.2) is 0 Å². The number of ether oxygens (including phenoxy) is 3. The van der Waals surface area contributed by atoms with Crippen molar-refractivity contribution in [3.05, 3.63) is 48.0 Å². The number of esters is 1. The minimum atomic E-state index is -1.07. The highest BCUT2D eigenvalue weighted by molar-refractivity contribution is 5.99. The molecule has 10 nitrogen and oxygen atoms in total. The molecule has 2 aromatic rings. The van der Waals surface area contributed by atoms with Gasteiger partial charge in [0.05, 0.1) is 0 Å². The van der Waals surface area contributed by atoms with E-state index < -0.39 is 30.4 Å². The Hall–Kier alpha value is -4.08. The Morgan fingerprint density at radius 3 is 2.58 bits per heavy atom.